The van der Waals surface area contributed by atoms with Gasteiger partial charge >= 0.3 is 0 Å². The molecule has 0 aromatic carbocycles. The van der Waals surface area contributed by atoms with Gasteiger partial charge in [0.1, 0.15) is 12.1 Å². The standard InChI is InChI=1S/C13H12FN7/c1-2-17-12-18-11(9-5-10(14)7-16-6-9)19-13(20-12)21-4-3-15-8-21/h3-8H,2H2,1H3,(H,17,18,19,20). The third kappa shape index (κ3) is 2.83. The van der Waals surface area contributed by atoms with E-state index >= 15 is 0 Å². The fourth-order valence-corrected chi connectivity index (χ4v) is 1.76. The van der Waals surface area contributed by atoms with Crippen LogP contribution in [0.5, 0.6) is 0 Å². The maximum atomic E-state index is 13.3. The van der Waals surface area contributed by atoms with E-state index in [1.807, 2.05) is 6.92 Å². The molecule has 0 amide bonds. The SMILES string of the molecule is CCNc1nc(-c2cncc(F)c2)nc(-n2ccnc2)n1. The summed E-state index contributed by atoms with van der Waals surface area (Å²) < 4.78 is 15.0. The molecule has 3 aromatic rings. The summed E-state index contributed by atoms with van der Waals surface area (Å²) in [5, 5.41) is 3.02. The minimum atomic E-state index is -0.443. The Balaban J connectivity index is 2.11. The van der Waals surface area contributed by atoms with Crippen molar-refractivity contribution in [2.75, 3.05) is 11.9 Å². The van der Waals surface area contributed by atoms with E-state index < -0.39 is 5.82 Å². The van der Waals surface area contributed by atoms with E-state index in [2.05, 4.69) is 30.2 Å². The van der Waals surface area contributed by atoms with Crippen molar-refractivity contribution in [2.24, 2.45) is 0 Å². The number of halogens is 1. The van der Waals surface area contributed by atoms with Crippen LogP contribution in [0.2, 0.25) is 0 Å². The fraction of sp³-hybridized carbons (Fsp3) is 0.154. The predicted octanol–water partition coefficient (Wildman–Crippen LogP) is 1.69. The lowest BCUT2D eigenvalue weighted by Gasteiger charge is -2.08. The predicted molar refractivity (Wildman–Crippen MR) is 74.3 cm³/mol. The molecule has 0 aliphatic carbocycles. The lowest BCUT2D eigenvalue weighted by Crippen LogP contribution is -2.09. The van der Waals surface area contributed by atoms with Crippen LogP contribution in [0.4, 0.5) is 10.3 Å². The van der Waals surface area contributed by atoms with Crippen LogP contribution in [0.25, 0.3) is 17.3 Å². The quantitative estimate of drug-likeness (QED) is 0.785. The normalized spacial score (nSPS) is 10.6. The minimum absolute atomic E-state index is 0.344. The molecule has 3 aromatic heterocycles. The zero-order valence-electron chi connectivity index (χ0n) is 11.2. The van der Waals surface area contributed by atoms with Gasteiger partial charge in [-0.3, -0.25) is 9.55 Å². The number of nitrogens with one attached hydrogen (secondary N) is 1. The second-order valence-corrected chi connectivity index (χ2v) is 4.17. The Morgan fingerprint density at radius 1 is 1.19 bits per heavy atom. The van der Waals surface area contributed by atoms with E-state index in [1.165, 1.54) is 12.3 Å². The maximum absolute atomic E-state index is 13.3. The van der Waals surface area contributed by atoms with Crippen molar-refractivity contribution in [1.82, 2.24) is 29.5 Å². The topological polar surface area (TPSA) is 81.4 Å². The first kappa shape index (κ1) is 13.1. The maximum Gasteiger partial charge on any atom is 0.240 e. The average Bonchev–Trinajstić information content (AvgIpc) is 3.01. The van der Waals surface area contributed by atoms with E-state index in [-0.39, 0.29) is 0 Å². The number of hydrogen-bond donors (Lipinski definition) is 1. The highest BCUT2D eigenvalue weighted by atomic mass is 19.1. The Hall–Kier alpha value is -2.90. The molecule has 0 saturated heterocycles. The van der Waals surface area contributed by atoms with Crippen LogP contribution in [0, 0.1) is 5.82 Å². The van der Waals surface area contributed by atoms with Gasteiger partial charge in [-0.2, -0.15) is 15.0 Å². The van der Waals surface area contributed by atoms with Crippen LogP contribution in [-0.2, 0) is 0 Å². The molecule has 0 aliphatic rings. The number of pyridine rings is 1. The van der Waals surface area contributed by atoms with Gasteiger partial charge in [0, 0.05) is 30.7 Å². The van der Waals surface area contributed by atoms with Gasteiger partial charge in [0.2, 0.25) is 11.9 Å². The Labute approximate surface area is 120 Å². The van der Waals surface area contributed by atoms with Gasteiger partial charge in [-0.15, -0.1) is 0 Å². The number of rotatable bonds is 4. The molecule has 1 N–H and O–H groups in total. The number of imidazole rings is 1. The zero-order chi connectivity index (χ0) is 14.7. The monoisotopic (exact) mass is 285 g/mol. The molecular weight excluding hydrogens is 273 g/mol. The van der Waals surface area contributed by atoms with Crippen molar-refractivity contribution in [2.45, 2.75) is 6.92 Å². The summed E-state index contributed by atoms with van der Waals surface area (Å²) in [6.07, 6.45) is 7.57. The number of hydrogen-bond acceptors (Lipinski definition) is 6. The molecule has 8 heteroatoms. The van der Waals surface area contributed by atoms with Crippen LogP contribution in [0.1, 0.15) is 6.92 Å². The van der Waals surface area contributed by atoms with Crippen molar-refractivity contribution in [3.63, 3.8) is 0 Å². The molecule has 0 atom stereocenters. The number of anilines is 1. The highest BCUT2D eigenvalue weighted by Gasteiger charge is 2.10. The molecule has 0 fully saturated rings. The molecule has 0 aliphatic heterocycles. The van der Waals surface area contributed by atoms with Crippen LogP contribution in [-0.4, -0.2) is 36.0 Å². The summed E-state index contributed by atoms with van der Waals surface area (Å²) in [6, 6.07) is 1.33. The lowest BCUT2D eigenvalue weighted by molar-refractivity contribution is 0.621. The molecule has 21 heavy (non-hydrogen) atoms. The molecule has 0 radical (unpaired) electrons. The first-order chi connectivity index (χ1) is 10.3. The van der Waals surface area contributed by atoms with Gasteiger partial charge in [-0.25, -0.2) is 9.37 Å². The third-order valence-electron chi connectivity index (χ3n) is 2.66. The molecule has 7 nitrogen and oxygen atoms in total. The van der Waals surface area contributed by atoms with Gasteiger partial charge in [-0.05, 0) is 13.0 Å². The molecule has 0 unspecified atom stereocenters. The van der Waals surface area contributed by atoms with E-state index in [9.17, 15) is 4.39 Å². The van der Waals surface area contributed by atoms with Crippen molar-refractivity contribution in [1.29, 1.82) is 0 Å². The van der Waals surface area contributed by atoms with Crippen molar-refractivity contribution in [3.05, 3.63) is 43.0 Å². The highest BCUT2D eigenvalue weighted by molar-refractivity contribution is 5.55. The van der Waals surface area contributed by atoms with E-state index in [0.29, 0.717) is 29.8 Å². The fourth-order valence-electron chi connectivity index (χ4n) is 1.76. The number of nitrogens with zero attached hydrogens (tertiary/aromatic N) is 6. The van der Waals surface area contributed by atoms with Crippen LogP contribution in [0.3, 0.4) is 0 Å². The smallest absolute Gasteiger partial charge is 0.240 e. The van der Waals surface area contributed by atoms with Crippen molar-refractivity contribution < 1.29 is 4.39 Å². The van der Waals surface area contributed by atoms with Crippen molar-refractivity contribution in [3.8, 4) is 17.3 Å². The van der Waals surface area contributed by atoms with Crippen LogP contribution < -0.4 is 5.32 Å². The molecule has 0 saturated carbocycles. The van der Waals surface area contributed by atoms with Gasteiger partial charge in [0.25, 0.3) is 0 Å². The largest absolute Gasteiger partial charge is 0.354 e. The molecule has 3 rings (SSSR count). The Kier molecular flexibility index (Phi) is 3.50. The van der Waals surface area contributed by atoms with Gasteiger partial charge < -0.3 is 5.32 Å². The third-order valence-corrected chi connectivity index (χ3v) is 2.66. The van der Waals surface area contributed by atoms with E-state index in [1.54, 1.807) is 23.3 Å². The molecule has 106 valence electrons. The van der Waals surface area contributed by atoms with Crippen LogP contribution >= 0.6 is 0 Å². The lowest BCUT2D eigenvalue weighted by atomic mass is 10.2. The zero-order valence-corrected chi connectivity index (χ0v) is 11.2. The second kappa shape index (κ2) is 5.61. The van der Waals surface area contributed by atoms with Crippen LogP contribution in [0.15, 0.2) is 37.2 Å². The summed E-state index contributed by atoms with van der Waals surface area (Å²) in [5.41, 5.74) is 0.484. The minimum Gasteiger partial charge on any atom is -0.354 e. The Morgan fingerprint density at radius 3 is 2.81 bits per heavy atom. The average molecular weight is 285 g/mol. The summed E-state index contributed by atoms with van der Waals surface area (Å²) in [5.74, 6) is 0.715. The van der Waals surface area contributed by atoms with Gasteiger partial charge in [-0.1, -0.05) is 0 Å². The summed E-state index contributed by atoms with van der Waals surface area (Å²) in [6.45, 7) is 2.60. The highest BCUT2D eigenvalue weighted by Crippen LogP contribution is 2.17. The first-order valence-corrected chi connectivity index (χ1v) is 6.35. The van der Waals surface area contributed by atoms with E-state index in [4.69, 9.17) is 0 Å². The van der Waals surface area contributed by atoms with E-state index in [0.717, 1.165) is 6.20 Å². The van der Waals surface area contributed by atoms with Gasteiger partial charge in [0.05, 0.1) is 6.20 Å². The second-order valence-electron chi connectivity index (χ2n) is 4.17. The molecule has 0 spiro atoms. The Bertz CT molecular complexity index is 742. The summed E-state index contributed by atoms with van der Waals surface area (Å²) in [4.78, 5) is 20.7. The number of aromatic nitrogens is 6. The molecule has 0 bridgehead atoms. The summed E-state index contributed by atoms with van der Waals surface area (Å²) in [7, 11) is 0. The molecule has 3 heterocycles. The summed E-state index contributed by atoms with van der Waals surface area (Å²) >= 11 is 0. The van der Waals surface area contributed by atoms with Gasteiger partial charge in [0.15, 0.2) is 5.82 Å². The van der Waals surface area contributed by atoms with Crippen molar-refractivity contribution >= 4 is 5.95 Å². The Morgan fingerprint density at radius 2 is 2.10 bits per heavy atom. The molecular formula is C13H12FN7. The first-order valence-electron chi connectivity index (χ1n) is 6.35.